The van der Waals surface area contributed by atoms with E-state index in [0.717, 1.165) is 24.3 Å². The predicted molar refractivity (Wildman–Crippen MR) is 125 cm³/mol. The molecule has 1 heterocycles. The summed E-state index contributed by atoms with van der Waals surface area (Å²) < 4.78 is 74.8. The summed E-state index contributed by atoms with van der Waals surface area (Å²) in [5.41, 5.74) is 0.786. The number of rotatable bonds is 9. The summed E-state index contributed by atoms with van der Waals surface area (Å²) in [5, 5.41) is 13.1. The highest BCUT2D eigenvalue weighted by Gasteiger charge is 2.31. The van der Waals surface area contributed by atoms with Crippen molar-refractivity contribution in [3.8, 4) is 5.75 Å². The third-order valence-corrected chi connectivity index (χ3v) is 7.35. The maximum atomic E-state index is 12.9. The van der Waals surface area contributed by atoms with E-state index in [9.17, 15) is 31.5 Å². The highest BCUT2D eigenvalue weighted by atomic mass is 32.2. The molecule has 1 aromatic heterocycles. The first-order valence-electron chi connectivity index (χ1n) is 10.9. The summed E-state index contributed by atoms with van der Waals surface area (Å²) in [6, 6.07) is 17.6. The third-order valence-electron chi connectivity index (χ3n) is 5.58. The zero-order valence-electron chi connectivity index (χ0n) is 19.1. The first kappa shape index (κ1) is 26.0. The molecule has 7 nitrogen and oxygen atoms in total. The molecule has 0 bridgehead atoms. The highest BCUT2D eigenvalue weighted by molar-refractivity contribution is 7.91. The molecule has 192 valence electrons. The minimum atomic E-state index is -4.56. The summed E-state index contributed by atoms with van der Waals surface area (Å²) in [7, 11) is -4.04. The Morgan fingerprint density at radius 1 is 0.973 bits per heavy atom. The summed E-state index contributed by atoms with van der Waals surface area (Å²) in [6.45, 7) is 0.0254. The molecular weight excluding hydrogens is 511 g/mol. The van der Waals surface area contributed by atoms with Gasteiger partial charge in [-0.3, -0.25) is 4.79 Å². The molecule has 1 unspecified atom stereocenters. The Bertz CT molecular complexity index is 1470. The van der Waals surface area contributed by atoms with Crippen LogP contribution in [0.3, 0.4) is 0 Å². The molecule has 4 aromatic rings. The first-order chi connectivity index (χ1) is 17.5. The average Bonchev–Trinajstić information content (AvgIpc) is 3.41. The first-order valence-corrected chi connectivity index (χ1v) is 12.4. The quantitative estimate of drug-likeness (QED) is 0.295. The topological polar surface area (TPSA) is 107 Å². The Hall–Kier alpha value is -4.12. The Balaban J connectivity index is 1.46. The van der Waals surface area contributed by atoms with Crippen molar-refractivity contribution in [3.05, 3.63) is 108 Å². The van der Waals surface area contributed by atoms with Crippen molar-refractivity contribution in [2.45, 2.75) is 34.9 Å². The Morgan fingerprint density at radius 2 is 1.68 bits per heavy atom. The largest absolute Gasteiger partial charge is 0.489 e. The molecular formula is C26H20F3NO6S. The van der Waals surface area contributed by atoms with Gasteiger partial charge in [-0.2, -0.15) is 13.2 Å². The molecule has 0 saturated carbocycles. The second-order valence-corrected chi connectivity index (χ2v) is 10.1. The van der Waals surface area contributed by atoms with E-state index in [1.165, 1.54) is 24.5 Å². The maximum Gasteiger partial charge on any atom is 0.416 e. The lowest BCUT2D eigenvalue weighted by molar-refractivity contribution is -0.138. The lowest BCUT2D eigenvalue weighted by atomic mass is 9.92. The summed E-state index contributed by atoms with van der Waals surface area (Å²) >= 11 is 0. The van der Waals surface area contributed by atoms with Gasteiger partial charge in [0.25, 0.3) is 0 Å². The van der Waals surface area contributed by atoms with Crippen molar-refractivity contribution < 1.29 is 40.8 Å². The van der Waals surface area contributed by atoms with E-state index >= 15 is 0 Å². The molecule has 1 N–H and O–H groups in total. The molecule has 4 rings (SSSR count). The standard InChI is InChI=1S/C26H20F3NO6S/c27-26(28,29)19-6-10-21(11-7-19)37(33,34)22-3-1-2-17(14-22)16-35-20-8-4-18(5-9-20)23(15-25(31)32)24-12-13-36-30-24/h1-14,23H,15-16H2,(H,31,32). The maximum absolute atomic E-state index is 12.9. The van der Waals surface area contributed by atoms with Crippen LogP contribution in [0.5, 0.6) is 5.75 Å². The van der Waals surface area contributed by atoms with Crippen LogP contribution in [0.4, 0.5) is 13.2 Å². The molecule has 0 amide bonds. The molecule has 11 heteroatoms. The number of carboxylic acids is 1. The van der Waals surface area contributed by atoms with E-state index in [1.807, 2.05) is 0 Å². The fourth-order valence-corrected chi connectivity index (χ4v) is 5.02. The van der Waals surface area contributed by atoms with Gasteiger partial charge in [-0.05, 0) is 59.7 Å². The van der Waals surface area contributed by atoms with E-state index in [4.69, 9.17) is 9.26 Å². The second-order valence-electron chi connectivity index (χ2n) is 8.11. The van der Waals surface area contributed by atoms with Gasteiger partial charge in [-0.25, -0.2) is 8.42 Å². The fourth-order valence-electron chi connectivity index (χ4n) is 3.69. The van der Waals surface area contributed by atoms with Crippen LogP contribution in [0.2, 0.25) is 0 Å². The van der Waals surface area contributed by atoms with Gasteiger partial charge in [0.05, 0.1) is 27.5 Å². The number of nitrogens with zero attached hydrogens (tertiary/aromatic N) is 1. The highest BCUT2D eigenvalue weighted by Crippen LogP contribution is 2.31. The van der Waals surface area contributed by atoms with Gasteiger partial charge in [0, 0.05) is 12.0 Å². The number of carbonyl (C=O) groups is 1. The molecule has 37 heavy (non-hydrogen) atoms. The van der Waals surface area contributed by atoms with Crippen LogP contribution in [0.25, 0.3) is 0 Å². The van der Waals surface area contributed by atoms with Crippen molar-refractivity contribution >= 4 is 15.8 Å². The number of alkyl halides is 3. The number of benzene rings is 3. The SMILES string of the molecule is O=C(O)CC(c1ccc(OCc2cccc(S(=O)(=O)c3ccc(C(F)(F)F)cc3)c2)cc1)c1ccon1. The van der Waals surface area contributed by atoms with E-state index < -0.39 is 33.5 Å². The molecule has 0 radical (unpaired) electrons. The van der Waals surface area contributed by atoms with Crippen molar-refractivity contribution in [1.29, 1.82) is 0 Å². The fraction of sp³-hybridized carbons (Fsp3) is 0.154. The number of ether oxygens (including phenoxy) is 1. The van der Waals surface area contributed by atoms with Crippen LogP contribution >= 0.6 is 0 Å². The number of sulfone groups is 1. The minimum Gasteiger partial charge on any atom is -0.489 e. The van der Waals surface area contributed by atoms with Crippen molar-refractivity contribution in [1.82, 2.24) is 5.16 Å². The number of carboxylic acid groups (broad SMARTS) is 1. The molecule has 1 atom stereocenters. The summed E-state index contributed by atoms with van der Waals surface area (Å²) in [5.74, 6) is -1.02. The molecule has 0 spiro atoms. The van der Waals surface area contributed by atoms with Gasteiger partial charge in [0.2, 0.25) is 9.84 Å². The van der Waals surface area contributed by atoms with Crippen LogP contribution < -0.4 is 4.74 Å². The van der Waals surface area contributed by atoms with E-state index in [-0.39, 0.29) is 22.8 Å². The Kier molecular flexibility index (Phi) is 7.35. The van der Waals surface area contributed by atoms with Gasteiger partial charge >= 0.3 is 12.1 Å². The molecule has 0 fully saturated rings. The average molecular weight is 532 g/mol. The predicted octanol–water partition coefficient (Wildman–Crippen LogP) is 5.71. The lowest BCUT2D eigenvalue weighted by Gasteiger charge is -2.14. The van der Waals surface area contributed by atoms with Crippen LogP contribution in [0.15, 0.2) is 99.4 Å². The number of aliphatic carboxylic acids is 1. The molecule has 0 aliphatic heterocycles. The van der Waals surface area contributed by atoms with Crippen molar-refractivity contribution in [2.75, 3.05) is 0 Å². The summed E-state index contributed by atoms with van der Waals surface area (Å²) in [6.07, 6.45) is -3.37. The minimum absolute atomic E-state index is 0.0254. The van der Waals surface area contributed by atoms with Crippen LogP contribution in [0, 0.1) is 0 Å². The van der Waals surface area contributed by atoms with E-state index in [1.54, 1.807) is 36.4 Å². The van der Waals surface area contributed by atoms with Crippen molar-refractivity contribution in [2.24, 2.45) is 0 Å². The van der Waals surface area contributed by atoms with Gasteiger partial charge in [0.15, 0.2) is 0 Å². The third kappa shape index (κ3) is 6.18. The van der Waals surface area contributed by atoms with Gasteiger partial charge in [-0.15, -0.1) is 0 Å². The van der Waals surface area contributed by atoms with Gasteiger partial charge < -0.3 is 14.4 Å². The van der Waals surface area contributed by atoms with Crippen LogP contribution in [-0.4, -0.2) is 24.7 Å². The van der Waals surface area contributed by atoms with E-state index in [0.29, 0.717) is 22.6 Å². The van der Waals surface area contributed by atoms with Gasteiger partial charge in [-0.1, -0.05) is 29.4 Å². The summed E-state index contributed by atoms with van der Waals surface area (Å²) in [4.78, 5) is 10.9. The van der Waals surface area contributed by atoms with Crippen LogP contribution in [-0.2, 0) is 27.4 Å². The monoisotopic (exact) mass is 531 g/mol. The second kappa shape index (κ2) is 10.5. The smallest absolute Gasteiger partial charge is 0.416 e. The zero-order chi connectivity index (χ0) is 26.6. The zero-order valence-corrected chi connectivity index (χ0v) is 19.9. The molecule has 0 saturated heterocycles. The molecule has 3 aromatic carbocycles. The number of aromatic nitrogens is 1. The molecule has 0 aliphatic rings. The van der Waals surface area contributed by atoms with E-state index in [2.05, 4.69) is 5.16 Å². The normalized spacial score (nSPS) is 12.7. The van der Waals surface area contributed by atoms with Crippen molar-refractivity contribution in [3.63, 3.8) is 0 Å². The number of halogens is 3. The Morgan fingerprint density at radius 3 is 2.27 bits per heavy atom. The Labute approximate surface area is 210 Å². The number of hydrogen-bond donors (Lipinski definition) is 1. The molecule has 0 aliphatic carbocycles. The van der Waals surface area contributed by atoms with Gasteiger partial charge in [0.1, 0.15) is 18.6 Å². The lowest BCUT2D eigenvalue weighted by Crippen LogP contribution is -2.08. The number of hydrogen-bond acceptors (Lipinski definition) is 6. The van der Waals surface area contributed by atoms with Crippen LogP contribution in [0.1, 0.15) is 34.7 Å².